The van der Waals surface area contributed by atoms with Crippen molar-refractivity contribution in [3.63, 3.8) is 0 Å². The average molecular weight is 301 g/mol. The summed E-state index contributed by atoms with van der Waals surface area (Å²) in [6.07, 6.45) is 0.580. The first kappa shape index (κ1) is 15.7. The molecule has 0 spiro atoms. The third-order valence-electron chi connectivity index (χ3n) is 2.87. The summed E-state index contributed by atoms with van der Waals surface area (Å²) in [7, 11) is 0. The maximum atomic E-state index is 14.3. The Labute approximate surface area is 127 Å². The molecule has 0 radical (unpaired) electrons. The first-order valence-electron chi connectivity index (χ1n) is 6.75. The number of halogens is 1. The van der Waals surface area contributed by atoms with E-state index in [4.69, 9.17) is 10.00 Å². The molecule has 0 fully saturated rings. The van der Waals surface area contributed by atoms with E-state index in [1.165, 1.54) is 6.20 Å². The van der Waals surface area contributed by atoms with Crippen molar-refractivity contribution in [3.05, 3.63) is 53.1 Å². The number of nitrogens with zero attached hydrogens (tertiary/aromatic N) is 3. The summed E-state index contributed by atoms with van der Waals surface area (Å²) in [5, 5.41) is 12.8. The van der Waals surface area contributed by atoms with Crippen LogP contribution in [0, 0.1) is 17.3 Å². The van der Waals surface area contributed by atoms with Gasteiger partial charge in [0.1, 0.15) is 5.60 Å². The van der Waals surface area contributed by atoms with Crippen molar-refractivity contribution in [2.45, 2.75) is 32.8 Å². The van der Waals surface area contributed by atoms with Crippen molar-refractivity contribution < 1.29 is 13.9 Å². The van der Waals surface area contributed by atoms with Crippen LogP contribution in [0.15, 0.2) is 30.5 Å². The minimum Gasteiger partial charge on any atom is -0.442 e. The van der Waals surface area contributed by atoms with E-state index < -0.39 is 17.6 Å². The van der Waals surface area contributed by atoms with E-state index >= 15 is 0 Å². The Bertz CT molecular complexity index is 739. The maximum absolute atomic E-state index is 14.3. The lowest BCUT2D eigenvalue weighted by Gasteiger charge is -2.18. The van der Waals surface area contributed by atoms with Crippen LogP contribution in [0.25, 0.3) is 0 Å². The van der Waals surface area contributed by atoms with Crippen LogP contribution >= 0.6 is 0 Å². The number of carbonyl (C=O) groups is 1. The van der Waals surface area contributed by atoms with Gasteiger partial charge in [-0.25, -0.2) is 4.79 Å². The largest absolute Gasteiger partial charge is 0.442 e. The van der Waals surface area contributed by atoms with Gasteiger partial charge in [-0.15, -0.1) is 4.68 Å². The first-order valence-corrected chi connectivity index (χ1v) is 6.75. The molecule has 2 rings (SSSR count). The number of ether oxygens (including phenoxy) is 1. The van der Waals surface area contributed by atoms with Gasteiger partial charge in [0.15, 0.2) is 0 Å². The summed E-state index contributed by atoms with van der Waals surface area (Å²) >= 11 is 0. The SMILES string of the molecule is CC(C)(C)OC(=O)n1ncc(Cc2ccccc2C#N)c1F. The van der Waals surface area contributed by atoms with E-state index in [1.807, 2.05) is 0 Å². The fraction of sp³-hybridized carbons (Fsp3) is 0.312. The lowest BCUT2D eigenvalue weighted by molar-refractivity contribution is 0.0493. The van der Waals surface area contributed by atoms with Crippen LogP contribution in [-0.4, -0.2) is 21.5 Å². The van der Waals surface area contributed by atoms with Crippen LogP contribution in [0.3, 0.4) is 0 Å². The van der Waals surface area contributed by atoms with Gasteiger partial charge >= 0.3 is 6.09 Å². The zero-order chi connectivity index (χ0) is 16.3. The molecule has 1 heterocycles. The van der Waals surface area contributed by atoms with E-state index in [0.29, 0.717) is 15.8 Å². The van der Waals surface area contributed by atoms with Gasteiger partial charge in [-0.2, -0.15) is 14.8 Å². The number of benzene rings is 1. The summed E-state index contributed by atoms with van der Waals surface area (Å²) in [5.41, 5.74) is 0.636. The highest BCUT2D eigenvalue weighted by atomic mass is 19.1. The van der Waals surface area contributed by atoms with Gasteiger partial charge in [0.25, 0.3) is 0 Å². The molecule has 2 aromatic rings. The topological polar surface area (TPSA) is 67.9 Å². The summed E-state index contributed by atoms with van der Waals surface area (Å²) in [6, 6.07) is 8.96. The molecule has 5 nitrogen and oxygen atoms in total. The molecular formula is C16H16FN3O2. The Hall–Kier alpha value is -2.68. The fourth-order valence-corrected chi connectivity index (χ4v) is 1.91. The van der Waals surface area contributed by atoms with Gasteiger partial charge < -0.3 is 4.74 Å². The lowest BCUT2D eigenvalue weighted by Crippen LogP contribution is -2.28. The second-order valence-corrected chi connectivity index (χ2v) is 5.80. The second-order valence-electron chi connectivity index (χ2n) is 5.80. The highest BCUT2D eigenvalue weighted by Gasteiger charge is 2.23. The molecule has 1 aromatic heterocycles. The number of hydrogen-bond donors (Lipinski definition) is 0. The number of nitriles is 1. The van der Waals surface area contributed by atoms with Crippen LogP contribution in [0.5, 0.6) is 0 Å². The molecule has 0 aliphatic carbocycles. The monoisotopic (exact) mass is 301 g/mol. The van der Waals surface area contributed by atoms with E-state index in [2.05, 4.69) is 11.2 Å². The molecule has 0 saturated heterocycles. The molecule has 0 atom stereocenters. The predicted molar refractivity (Wildman–Crippen MR) is 77.8 cm³/mol. The van der Waals surface area contributed by atoms with E-state index in [9.17, 15) is 9.18 Å². The zero-order valence-corrected chi connectivity index (χ0v) is 12.6. The van der Waals surface area contributed by atoms with Crippen LogP contribution in [0.2, 0.25) is 0 Å². The van der Waals surface area contributed by atoms with Crippen molar-refractivity contribution in [1.82, 2.24) is 9.78 Å². The normalized spacial score (nSPS) is 11.0. The molecule has 1 aromatic carbocycles. The minimum absolute atomic E-state index is 0.179. The summed E-state index contributed by atoms with van der Waals surface area (Å²) in [6.45, 7) is 5.07. The first-order chi connectivity index (χ1) is 10.3. The number of carbonyl (C=O) groups excluding carboxylic acids is 1. The molecule has 0 amide bonds. The molecular weight excluding hydrogens is 285 g/mol. The number of hydrogen-bond acceptors (Lipinski definition) is 4. The van der Waals surface area contributed by atoms with Crippen LogP contribution in [-0.2, 0) is 11.2 Å². The van der Waals surface area contributed by atoms with E-state index in [0.717, 1.165) is 0 Å². The molecule has 0 aliphatic heterocycles. The van der Waals surface area contributed by atoms with E-state index in [-0.39, 0.29) is 12.0 Å². The van der Waals surface area contributed by atoms with Gasteiger partial charge in [0, 0.05) is 12.0 Å². The van der Waals surface area contributed by atoms with Gasteiger partial charge in [0.05, 0.1) is 17.8 Å². The smallest absolute Gasteiger partial charge is 0.437 e. The minimum atomic E-state index is -0.871. The lowest BCUT2D eigenvalue weighted by atomic mass is 10.0. The molecule has 114 valence electrons. The van der Waals surface area contributed by atoms with Crippen molar-refractivity contribution in [2.75, 3.05) is 0 Å². The summed E-state index contributed by atoms with van der Waals surface area (Å²) in [5.74, 6) is -0.776. The van der Waals surface area contributed by atoms with Crippen LogP contribution in [0.1, 0.15) is 37.5 Å². The van der Waals surface area contributed by atoms with Gasteiger partial charge in [-0.1, -0.05) is 18.2 Å². The molecule has 0 saturated carbocycles. The van der Waals surface area contributed by atoms with Crippen molar-refractivity contribution in [2.24, 2.45) is 0 Å². The second kappa shape index (κ2) is 5.98. The van der Waals surface area contributed by atoms with Gasteiger partial charge in [-0.3, -0.25) is 0 Å². The Balaban J connectivity index is 2.25. The van der Waals surface area contributed by atoms with Crippen LogP contribution in [0.4, 0.5) is 9.18 Å². The molecule has 22 heavy (non-hydrogen) atoms. The fourth-order valence-electron chi connectivity index (χ4n) is 1.91. The molecule has 0 unspecified atom stereocenters. The molecule has 0 aliphatic rings. The molecule has 0 N–H and O–H groups in total. The molecule has 0 bridgehead atoms. The zero-order valence-electron chi connectivity index (χ0n) is 12.6. The van der Waals surface area contributed by atoms with Crippen molar-refractivity contribution >= 4 is 6.09 Å². The van der Waals surface area contributed by atoms with E-state index in [1.54, 1.807) is 45.0 Å². The Kier molecular flexibility index (Phi) is 4.27. The maximum Gasteiger partial charge on any atom is 0.437 e. The molecule has 6 heteroatoms. The third kappa shape index (κ3) is 3.50. The highest BCUT2D eigenvalue weighted by Crippen LogP contribution is 2.17. The van der Waals surface area contributed by atoms with Gasteiger partial charge in [-0.05, 0) is 32.4 Å². The Morgan fingerprint density at radius 1 is 1.36 bits per heavy atom. The summed E-state index contributed by atoms with van der Waals surface area (Å²) < 4.78 is 20.0. The number of rotatable bonds is 2. The average Bonchev–Trinajstić information content (AvgIpc) is 2.79. The van der Waals surface area contributed by atoms with Crippen molar-refractivity contribution in [3.8, 4) is 6.07 Å². The Morgan fingerprint density at radius 3 is 2.68 bits per heavy atom. The van der Waals surface area contributed by atoms with Crippen LogP contribution < -0.4 is 0 Å². The van der Waals surface area contributed by atoms with Gasteiger partial charge in [0.2, 0.25) is 5.95 Å². The quantitative estimate of drug-likeness (QED) is 0.853. The Morgan fingerprint density at radius 2 is 2.05 bits per heavy atom. The standard InChI is InChI=1S/C16H16FN3O2/c1-16(2,3)22-15(21)20-14(17)13(10-19-20)8-11-6-4-5-7-12(11)9-18/h4-7,10H,8H2,1-3H3. The summed E-state index contributed by atoms with van der Waals surface area (Å²) in [4.78, 5) is 11.9. The number of aromatic nitrogens is 2. The third-order valence-corrected chi connectivity index (χ3v) is 2.87. The van der Waals surface area contributed by atoms with Crippen molar-refractivity contribution in [1.29, 1.82) is 5.26 Å². The predicted octanol–water partition coefficient (Wildman–Crippen LogP) is 3.27. The highest BCUT2D eigenvalue weighted by molar-refractivity contribution is 5.70.